The first-order valence-electron chi connectivity index (χ1n) is 7.50. The fourth-order valence-electron chi connectivity index (χ4n) is 2.59. The fourth-order valence-corrected chi connectivity index (χ4v) is 3.54. The van der Waals surface area contributed by atoms with Crippen LogP contribution in [0.4, 0.5) is 5.69 Å². The highest BCUT2D eigenvalue weighted by molar-refractivity contribution is 7.98. The SMILES string of the molecule is Cn1cc(-c2cnc3ccn(Sc4ccccc4[N+](=O)[O-])c3c2)cn1. The number of fused-ring (bicyclic) bond motifs is 1. The molecule has 3 heterocycles. The van der Waals surface area contributed by atoms with Gasteiger partial charge in [-0.05, 0) is 30.1 Å². The van der Waals surface area contributed by atoms with Crippen LogP contribution in [-0.4, -0.2) is 23.7 Å². The lowest BCUT2D eigenvalue weighted by molar-refractivity contribution is -0.387. The summed E-state index contributed by atoms with van der Waals surface area (Å²) in [6, 6.07) is 10.6. The van der Waals surface area contributed by atoms with Crippen LogP contribution in [0.25, 0.3) is 22.2 Å². The van der Waals surface area contributed by atoms with Crippen molar-refractivity contribution in [2.45, 2.75) is 4.90 Å². The van der Waals surface area contributed by atoms with Crippen LogP contribution in [0.15, 0.2) is 66.1 Å². The molecule has 0 aliphatic rings. The monoisotopic (exact) mass is 351 g/mol. The lowest BCUT2D eigenvalue weighted by Gasteiger charge is -2.06. The molecular formula is C17H13N5O2S. The second kappa shape index (κ2) is 6.06. The average Bonchev–Trinajstić information content (AvgIpc) is 3.21. The van der Waals surface area contributed by atoms with Crippen molar-refractivity contribution in [3.63, 3.8) is 0 Å². The van der Waals surface area contributed by atoms with Crippen LogP contribution in [0.2, 0.25) is 0 Å². The van der Waals surface area contributed by atoms with Gasteiger partial charge in [-0.3, -0.25) is 23.8 Å². The third-order valence-corrected chi connectivity index (χ3v) is 4.86. The van der Waals surface area contributed by atoms with Crippen molar-refractivity contribution in [1.82, 2.24) is 18.7 Å². The van der Waals surface area contributed by atoms with Crippen LogP contribution >= 0.6 is 11.9 Å². The van der Waals surface area contributed by atoms with E-state index in [2.05, 4.69) is 10.1 Å². The average molecular weight is 351 g/mol. The smallest absolute Gasteiger partial charge is 0.284 e. The van der Waals surface area contributed by atoms with Gasteiger partial charge in [0.25, 0.3) is 5.69 Å². The molecule has 7 nitrogen and oxygen atoms in total. The Morgan fingerprint density at radius 3 is 2.76 bits per heavy atom. The number of para-hydroxylation sites is 1. The van der Waals surface area contributed by atoms with E-state index in [-0.39, 0.29) is 10.6 Å². The van der Waals surface area contributed by atoms with Crippen LogP contribution in [0.5, 0.6) is 0 Å². The van der Waals surface area contributed by atoms with E-state index in [1.54, 1.807) is 35.3 Å². The molecule has 4 aromatic rings. The third kappa shape index (κ3) is 2.87. The number of rotatable bonds is 4. The maximum absolute atomic E-state index is 11.2. The number of nitrogens with zero attached hydrogens (tertiary/aromatic N) is 5. The minimum Gasteiger partial charge on any atom is -0.285 e. The summed E-state index contributed by atoms with van der Waals surface area (Å²) in [5.41, 5.74) is 3.73. The lowest BCUT2D eigenvalue weighted by Crippen LogP contribution is -1.93. The van der Waals surface area contributed by atoms with Gasteiger partial charge in [0.05, 0.1) is 22.2 Å². The van der Waals surface area contributed by atoms with Crippen LogP contribution in [0, 0.1) is 10.1 Å². The van der Waals surface area contributed by atoms with Crippen LogP contribution in [0.3, 0.4) is 0 Å². The first kappa shape index (κ1) is 15.4. The molecule has 0 radical (unpaired) electrons. The van der Waals surface area contributed by atoms with E-state index >= 15 is 0 Å². The number of nitro benzene ring substituents is 1. The minimum atomic E-state index is -0.368. The van der Waals surface area contributed by atoms with Crippen LogP contribution < -0.4 is 0 Å². The third-order valence-electron chi connectivity index (χ3n) is 3.80. The van der Waals surface area contributed by atoms with E-state index < -0.39 is 0 Å². The van der Waals surface area contributed by atoms with Gasteiger partial charge in [0, 0.05) is 42.8 Å². The highest BCUT2D eigenvalue weighted by Gasteiger charge is 2.15. The summed E-state index contributed by atoms with van der Waals surface area (Å²) in [7, 11) is 1.86. The quantitative estimate of drug-likeness (QED) is 0.411. The van der Waals surface area contributed by atoms with Crippen LogP contribution in [-0.2, 0) is 7.05 Å². The fraction of sp³-hybridized carbons (Fsp3) is 0.0588. The van der Waals surface area contributed by atoms with Crippen molar-refractivity contribution in [1.29, 1.82) is 0 Å². The Morgan fingerprint density at radius 2 is 2.00 bits per heavy atom. The van der Waals surface area contributed by atoms with E-state index in [4.69, 9.17) is 0 Å². The van der Waals surface area contributed by atoms with Gasteiger partial charge in [-0.2, -0.15) is 5.10 Å². The van der Waals surface area contributed by atoms with Gasteiger partial charge in [-0.1, -0.05) is 12.1 Å². The largest absolute Gasteiger partial charge is 0.285 e. The number of hydrogen-bond donors (Lipinski definition) is 0. The van der Waals surface area contributed by atoms with Crippen LogP contribution in [0.1, 0.15) is 0 Å². The Morgan fingerprint density at radius 1 is 1.16 bits per heavy atom. The molecule has 1 aromatic carbocycles. The summed E-state index contributed by atoms with van der Waals surface area (Å²) in [4.78, 5) is 15.9. The molecule has 0 atom stereocenters. The van der Waals surface area contributed by atoms with Crippen molar-refractivity contribution in [2.75, 3.05) is 0 Å². The molecular weight excluding hydrogens is 338 g/mol. The van der Waals surface area contributed by atoms with E-state index in [0.717, 1.165) is 22.2 Å². The number of hydrogen-bond acceptors (Lipinski definition) is 5. The predicted octanol–water partition coefficient (Wildman–Crippen LogP) is 3.90. The minimum absolute atomic E-state index is 0.0886. The van der Waals surface area contributed by atoms with Crippen molar-refractivity contribution in [2.24, 2.45) is 7.05 Å². The Balaban J connectivity index is 1.77. The van der Waals surface area contributed by atoms with Gasteiger partial charge in [0.2, 0.25) is 0 Å². The van der Waals surface area contributed by atoms with Gasteiger partial charge in [-0.25, -0.2) is 0 Å². The Labute approximate surface area is 147 Å². The van der Waals surface area contributed by atoms with E-state index in [1.165, 1.54) is 18.0 Å². The van der Waals surface area contributed by atoms with Crippen molar-refractivity contribution in [3.8, 4) is 11.1 Å². The summed E-state index contributed by atoms with van der Waals surface area (Å²) in [6.07, 6.45) is 7.38. The molecule has 0 aliphatic carbocycles. The summed E-state index contributed by atoms with van der Waals surface area (Å²) in [6.45, 7) is 0. The van der Waals surface area contributed by atoms with Gasteiger partial charge in [-0.15, -0.1) is 0 Å². The molecule has 0 unspecified atom stereocenters. The van der Waals surface area contributed by atoms with Gasteiger partial charge in [0.15, 0.2) is 0 Å². The maximum Gasteiger partial charge on any atom is 0.284 e. The number of nitro groups is 1. The van der Waals surface area contributed by atoms with Gasteiger partial charge in [0.1, 0.15) is 4.90 Å². The first-order valence-corrected chi connectivity index (χ1v) is 8.27. The highest BCUT2D eigenvalue weighted by Crippen LogP contribution is 2.33. The predicted molar refractivity (Wildman–Crippen MR) is 96.3 cm³/mol. The van der Waals surface area contributed by atoms with Crippen molar-refractivity contribution in [3.05, 3.63) is 71.3 Å². The first-order chi connectivity index (χ1) is 12.1. The zero-order valence-electron chi connectivity index (χ0n) is 13.2. The Bertz CT molecular complexity index is 1090. The number of benzene rings is 1. The molecule has 25 heavy (non-hydrogen) atoms. The summed E-state index contributed by atoms with van der Waals surface area (Å²) in [5, 5.41) is 15.4. The Hall–Kier alpha value is -3.13. The molecule has 0 amide bonds. The van der Waals surface area contributed by atoms with E-state index in [1.807, 2.05) is 35.5 Å². The van der Waals surface area contributed by atoms with Crippen molar-refractivity contribution >= 4 is 28.7 Å². The highest BCUT2D eigenvalue weighted by atomic mass is 32.2. The summed E-state index contributed by atoms with van der Waals surface area (Å²) >= 11 is 1.30. The second-order valence-corrected chi connectivity index (χ2v) is 6.50. The number of aryl methyl sites for hydroxylation is 1. The van der Waals surface area contributed by atoms with E-state index in [9.17, 15) is 10.1 Å². The summed E-state index contributed by atoms with van der Waals surface area (Å²) < 4.78 is 3.63. The lowest BCUT2D eigenvalue weighted by atomic mass is 10.1. The molecule has 0 saturated heterocycles. The normalized spacial score (nSPS) is 11.1. The molecule has 4 rings (SSSR count). The number of aromatic nitrogens is 4. The molecule has 8 heteroatoms. The molecule has 0 saturated carbocycles. The van der Waals surface area contributed by atoms with E-state index in [0.29, 0.717) is 4.90 Å². The summed E-state index contributed by atoms with van der Waals surface area (Å²) in [5.74, 6) is 0. The van der Waals surface area contributed by atoms with Gasteiger partial charge < -0.3 is 0 Å². The zero-order valence-corrected chi connectivity index (χ0v) is 14.1. The molecule has 0 bridgehead atoms. The molecule has 124 valence electrons. The standard InChI is InChI=1S/C17H13N5O2S/c1-20-11-13(10-19-20)12-8-16-14(18-9-12)6-7-21(16)25-17-5-3-2-4-15(17)22(23)24/h2-11H,1H3. The second-order valence-electron chi connectivity index (χ2n) is 5.49. The Kier molecular flexibility index (Phi) is 3.73. The zero-order chi connectivity index (χ0) is 17.4. The topological polar surface area (TPSA) is 78.8 Å². The molecule has 0 fully saturated rings. The molecule has 0 aliphatic heterocycles. The number of pyridine rings is 1. The molecule has 0 N–H and O–H groups in total. The molecule has 3 aromatic heterocycles. The molecule has 0 spiro atoms. The van der Waals surface area contributed by atoms with Gasteiger partial charge >= 0.3 is 0 Å². The maximum atomic E-state index is 11.2. The van der Waals surface area contributed by atoms with Crippen molar-refractivity contribution < 1.29 is 4.92 Å².